The van der Waals surface area contributed by atoms with E-state index in [0.717, 1.165) is 6.07 Å². The van der Waals surface area contributed by atoms with Crippen molar-refractivity contribution in [1.29, 1.82) is 0 Å². The van der Waals surface area contributed by atoms with Gasteiger partial charge in [0.2, 0.25) is 5.56 Å². The van der Waals surface area contributed by atoms with Crippen LogP contribution in [0, 0.1) is 6.92 Å². The summed E-state index contributed by atoms with van der Waals surface area (Å²) in [5.74, 6) is -0.709. The van der Waals surface area contributed by atoms with Crippen LogP contribution in [0.25, 0.3) is 0 Å². The third kappa shape index (κ3) is 3.16. The molecule has 0 atom stereocenters. The largest absolute Gasteiger partial charge is 0.573 e. The SMILES string of the molecule is Cc1cc(=O)[nH]c(CCl)c1OC(F)(F)F. The first-order valence-electron chi connectivity index (χ1n) is 3.88. The topological polar surface area (TPSA) is 42.1 Å². The zero-order valence-electron chi connectivity index (χ0n) is 7.61. The Morgan fingerprint density at radius 1 is 1.53 bits per heavy atom. The minimum atomic E-state index is -4.80. The molecule has 1 N–H and O–H groups in total. The Bertz CT molecular complexity index is 413. The molecule has 1 heterocycles. The van der Waals surface area contributed by atoms with Crippen molar-refractivity contribution >= 4 is 11.6 Å². The third-order valence-corrected chi connectivity index (χ3v) is 1.87. The number of aromatic amines is 1. The van der Waals surface area contributed by atoms with Crippen LogP contribution in [0.1, 0.15) is 11.3 Å². The molecule has 3 nitrogen and oxygen atoms in total. The van der Waals surface area contributed by atoms with Gasteiger partial charge in [-0.2, -0.15) is 0 Å². The summed E-state index contributed by atoms with van der Waals surface area (Å²) in [7, 11) is 0. The fourth-order valence-electron chi connectivity index (χ4n) is 1.09. The minimum absolute atomic E-state index is 0.0843. The van der Waals surface area contributed by atoms with E-state index in [1.807, 2.05) is 0 Å². The predicted octanol–water partition coefficient (Wildman–Crippen LogP) is 2.32. The average molecular weight is 242 g/mol. The minimum Gasteiger partial charge on any atom is -0.404 e. The summed E-state index contributed by atoms with van der Waals surface area (Å²) in [5.41, 5.74) is -0.511. The number of H-pyrrole nitrogens is 1. The first kappa shape index (κ1) is 11.9. The van der Waals surface area contributed by atoms with Gasteiger partial charge in [-0.1, -0.05) is 0 Å². The normalized spacial score (nSPS) is 11.5. The highest BCUT2D eigenvalue weighted by atomic mass is 35.5. The van der Waals surface area contributed by atoms with Crippen LogP contribution >= 0.6 is 11.6 Å². The van der Waals surface area contributed by atoms with Crippen LogP contribution in [0.15, 0.2) is 10.9 Å². The molecule has 0 fully saturated rings. The van der Waals surface area contributed by atoms with E-state index >= 15 is 0 Å². The Kier molecular flexibility index (Phi) is 3.28. The van der Waals surface area contributed by atoms with E-state index in [-0.39, 0.29) is 17.1 Å². The second-order valence-electron chi connectivity index (χ2n) is 2.81. The second kappa shape index (κ2) is 4.14. The van der Waals surface area contributed by atoms with Crippen molar-refractivity contribution in [3.8, 4) is 5.75 Å². The third-order valence-electron chi connectivity index (χ3n) is 1.61. The van der Waals surface area contributed by atoms with Crippen molar-refractivity contribution in [2.24, 2.45) is 0 Å². The summed E-state index contributed by atoms with van der Waals surface area (Å²) in [6, 6.07) is 1.01. The molecule has 0 spiro atoms. The fourth-order valence-corrected chi connectivity index (χ4v) is 1.28. The van der Waals surface area contributed by atoms with Crippen molar-refractivity contribution in [3.63, 3.8) is 0 Å². The number of halogens is 4. The van der Waals surface area contributed by atoms with E-state index in [4.69, 9.17) is 11.6 Å². The maximum atomic E-state index is 12.0. The molecule has 0 saturated heterocycles. The number of hydrogen-bond acceptors (Lipinski definition) is 2. The van der Waals surface area contributed by atoms with Gasteiger partial charge < -0.3 is 9.72 Å². The first-order valence-corrected chi connectivity index (χ1v) is 4.41. The van der Waals surface area contributed by atoms with Crippen LogP contribution in [0.3, 0.4) is 0 Å². The van der Waals surface area contributed by atoms with Crippen molar-refractivity contribution in [2.75, 3.05) is 0 Å². The number of alkyl halides is 4. The highest BCUT2D eigenvalue weighted by Crippen LogP contribution is 2.28. The van der Waals surface area contributed by atoms with E-state index in [1.165, 1.54) is 6.92 Å². The quantitative estimate of drug-likeness (QED) is 0.808. The van der Waals surface area contributed by atoms with Gasteiger partial charge in [-0.25, -0.2) is 0 Å². The Balaban J connectivity index is 3.21. The summed E-state index contributed by atoms with van der Waals surface area (Å²) in [6.07, 6.45) is -4.80. The van der Waals surface area contributed by atoms with Crippen LogP contribution < -0.4 is 10.3 Å². The number of rotatable bonds is 2. The number of pyridine rings is 1. The van der Waals surface area contributed by atoms with Crippen LogP contribution in [-0.4, -0.2) is 11.3 Å². The molecule has 0 amide bonds. The molecule has 0 unspecified atom stereocenters. The lowest BCUT2D eigenvalue weighted by atomic mass is 10.2. The lowest BCUT2D eigenvalue weighted by molar-refractivity contribution is -0.275. The number of nitrogens with one attached hydrogen (secondary N) is 1. The molecule has 1 aromatic rings. The average Bonchev–Trinajstić information content (AvgIpc) is 2.07. The molecule has 0 saturated carbocycles. The summed E-state index contributed by atoms with van der Waals surface area (Å²) in [6.45, 7) is 1.34. The summed E-state index contributed by atoms with van der Waals surface area (Å²) in [4.78, 5) is 13.1. The smallest absolute Gasteiger partial charge is 0.404 e. The first-order chi connectivity index (χ1) is 6.83. The molecule has 0 aliphatic heterocycles. The molecule has 1 aromatic heterocycles. The molecule has 0 aliphatic carbocycles. The molecule has 1 rings (SSSR count). The number of hydrogen-bond donors (Lipinski definition) is 1. The van der Waals surface area contributed by atoms with Gasteiger partial charge >= 0.3 is 6.36 Å². The van der Waals surface area contributed by atoms with Crippen LogP contribution in [0.4, 0.5) is 13.2 Å². The predicted molar refractivity (Wildman–Crippen MR) is 48.0 cm³/mol. The highest BCUT2D eigenvalue weighted by Gasteiger charge is 2.33. The van der Waals surface area contributed by atoms with Gasteiger partial charge in [-0.15, -0.1) is 24.8 Å². The molecule has 7 heteroatoms. The van der Waals surface area contributed by atoms with Gasteiger partial charge in [0.25, 0.3) is 0 Å². The molecule has 0 aliphatic rings. The lowest BCUT2D eigenvalue weighted by Crippen LogP contribution is -2.21. The molecule has 0 aromatic carbocycles. The number of aryl methyl sites for hydroxylation is 1. The Hall–Kier alpha value is -1.17. The maximum Gasteiger partial charge on any atom is 0.573 e. The van der Waals surface area contributed by atoms with Gasteiger partial charge in [-0.3, -0.25) is 4.79 Å². The number of ether oxygens (including phenoxy) is 1. The van der Waals surface area contributed by atoms with Crippen molar-refractivity contribution in [3.05, 3.63) is 27.7 Å². The molecular formula is C8H7ClF3NO2. The Labute approximate surface area is 87.8 Å². The summed E-state index contributed by atoms with van der Waals surface area (Å²) in [5, 5.41) is 0. The molecule has 0 radical (unpaired) electrons. The van der Waals surface area contributed by atoms with Gasteiger partial charge in [0.1, 0.15) is 0 Å². The number of aromatic nitrogens is 1. The maximum absolute atomic E-state index is 12.0. The van der Waals surface area contributed by atoms with Gasteiger partial charge in [0, 0.05) is 6.07 Å². The fraction of sp³-hybridized carbons (Fsp3) is 0.375. The van der Waals surface area contributed by atoms with Crippen molar-refractivity contribution in [1.82, 2.24) is 4.98 Å². The lowest BCUT2D eigenvalue weighted by Gasteiger charge is -2.13. The van der Waals surface area contributed by atoms with E-state index in [0.29, 0.717) is 0 Å². The van der Waals surface area contributed by atoms with E-state index in [2.05, 4.69) is 9.72 Å². The monoisotopic (exact) mass is 241 g/mol. The van der Waals surface area contributed by atoms with Crippen LogP contribution in [0.5, 0.6) is 5.75 Å². The standard InChI is InChI=1S/C8H7ClF3NO2/c1-4-2-6(14)13-5(3-9)7(4)15-8(10,11)12/h2H,3H2,1H3,(H,13,14). The van der Waals surface area contributed by atoms with E-state index < -0.39 is 17.7 Å². The molecule has 15 heavy (non-hydrogen) atoms. The van der Waals surface area contributed by atoms with Crippen molar-refractivity contribution < 1.29 is 17.9 Å². The van der Waals surface area contributed by atoms with Crippen LogP contribution in [0.2, 0.25) is 0 Å². The van der Waals surface area contributed by atoms with Gasteiger partial charge in [0.05, 0.1) is 11.6 Å². The summed E-state index contributed by atoms with van der Waals surface area (Å²) >= 11 is 5.39. The zero-order chi connectivity index (χ0) is 11.6. The Morgan fingerprint density at radius 3 is 2.60 bits per heavy atom. The van der Waals surface area contributed by atoms with Crippen molar-refractivity contribution in [2.45, 2.75) is 19.2 Å². The Morgan fingerprint density at radius 2 is 2.13 bits per heavy atom. The molecular weight excluding hydrogens is 235 g/mol. The van der Waals surface area contributed by atoms with Crippen LogP contribution in [-0.2, 0) is 5.88 Å². The van der Waals surface area contributed by atoms with E-state index in [9.17, 15) is 18.0 Å². The summed E-state index contributed by atoms with van der Waals surface area (Å²) < 4.78 is 39.7. The highest BCUT2D eigenvalue weighted by molar-refractivity contribution is 6.17. The van der Waals surface area contributed by atoms with Gasteiger partial charge in [0.15, 0.2) is 5.75 Å². The van der Waals surface area contributed by atoms with Gasteiger partial charge in [-0.05, 0) is 12.5 Å². The second-order valence-corrected chi connectivity index (χ2v) is 3.07. The zero-order valence-corrected chi connectivity index (χ0v) is 8.37. The van der Waals surface area contributed by atoms with E-state index in [1.54, 1.807) is 0 Å². The molecule has 0 bridgehead atoms. The molecule has 84 valence electrons.